The number of benzene rings is 2. The Hall–Kier alpha value is -2.50. The van der Waals surface area contributed by atoms with Crippen molar-refractivity contribution in [1.29, 1.82) is 0 Å². The van der Waals surface area contributed by atoms with Gasteiger partial charge in [0.25, 0.3) is 5.91 Å². The third-order valence-electron chi connectivity index (χ3n) is 3.22. The van der Waals surface area contributed by atoms with Gasteiger partial charge in [0.2, 0.25) is 0 Å². The van der Waals surface area contributed by atoms with Crippen LogP contribution in [0.15, 0.2) is 42.5 Å². The number of primary amides is 1. The summed E-state index contributed by atoms with van der Waals surface area (Å²) in [6.07, 6.45) is 2.95. The smallest absolute Gasteiger partial charge is 0.255 e. The highest BCUT2D eigenvalue weighted by Gasteiger charge is 2.12. The second-order valence-electron chi connectivity index (χ2n) is 4.96. The van der Waals surface area contributed by atoms with Crippen LogP contribution in [-0.4, -0.2) is 25.4 Å². The zero-order chi connectivity index (χ0) is 18.4. The third kappa shape index (κ3) is 4.98. The molecule has 0 fully saturated rings. The van der Waals surface area contributed by atoms with E-state index in [0.717, 1.165) is 0 Å². The average Bonchev–Trinajstić information content (AvgIpc) is 2.60. The van der Waals surface area contributed by atoms with E-state index in [1.165, 1.54) is 19.3 Å². The Morgan fingerprint density at radius 3 is 2.64 bits per heavy atom. The van der Waals surface area contributed by atoms with Crippen LogP contribution in [0.25, 0.3) is 6.08 Å². The minimum Gasteiger partial charge on any atom is -0.496 e. The number of hydrogen-bond donors (Lipinski definition) is 1. The minimum atomic E-state index is -0.597. The Labute approximate surface area is 154 Å². The first-order chi connectivity index (χ1) is 11.9. The van der Waals surface area contributed by atoms with Gasteiger partial charge in [0.05, 0.1) is 22.7 Å². The van der Waals surface area contributed by atoms with Crippen molar-refractivity contribution in [2.75, 3.05) is 13.7 Å². The van der Waals surface area contributed by atoms with Crippen LogP contribution in [-0.2, 0) is 4.79 Å². The molecule has 2 aromatic carbocycles. The number of hydrogen-bond acceptors (Lipinski definition) is 4. The summed E-state index contributed by atoms with van der Waals surface area (Å²) < 4.78 is 10.4. The Bertz CT molecular complexity index is 834. The molecule has 130 valence electrons. The first-order valence-corrected chi connectivity index (χ1v) is 7.93. The second kappa shape index (κ2) is 8.55. The summed E-state index contributed by atoms with van der Waals surface area (Å²) in [5.41, 5.74) is 5.99. The lowest BCUT2D eigenvalue weighted by atomic mass is 10.1. The molecule has 0 atom stereocenters. The van der Waals surface area contributed by atoms with Gasteiger partial charge in [-0.2, -0.15) is 0 Å². The molecule has 1 amide bonds. The molecule has 0 aromatic heterocycles. The topological polar surface area (TPSA) is 78.6 Å². The van der Waals surface area contributed by atoms with E-state index in [-0.39, 0.29) is 12.4 Å². The standard InChI is InChI=1S/C18H15Cl2NO4/c1-24-16-9-12(25-10-17(21)23)6-7-13(16)15(22)8-5-11-3-2-4-14(19)18(11)20/h2-9H,10H2,1H3,(H2,21,23)/b8-5+. The highest BCUT2D eigenvalue weighted by molar-refractivity contribution is 6.42. The summed E-state index contributed by atoms with van der Waals surface area (Å²) in [6, 6.07) is 9.76. The summed E-state index contributed by atoms with van der Waals surface area (Å²) in [5.74, 6) is -0.197. The molecule has 25 heavy (non-hydrogen) atoms. The van der Waals surface area contributed by atoms with Gasteiger partial charge < -0.3 is 15.2 Å². The molecule has 2 aromatic rings. The third-order valence-corrected chi connectivity index (χ3v) is 4.05. The van der Waals surface area contributed by atoms with Crippen LogP contribution in [0.4, 0.5) is 0 Å². The molecule has 0 spiro atoms. The maximum absolute atomic E-state index is 12.4. The molecule has 5 nitrogen and oxygen atoms in total. The van der Waals surface area contributed by atoms with Gasteiger partial charge >= 0.3 is 0 Å². The van der Waals surface area contributed by atoms with Crippen molar-refractivity contribution >= 4 is 41.0 Å². The zero-order valence-electron chi connectivity index (χ0n) is 13.3. The number of ketones is 1. The number of halogens is 2. The predicted octanol–water partition coefficient (Wildman–Crippen LogP) is 3.76. The Kier molecular flexibility index (Phi) is 6.44. The van der Waals surface area contributed by atoms with Crippen LogP contribution in [0, 0.1) is 0 Å². The van der Waals surface area contributed by atoms with E-state index >= 15 is 0 Å². The lowest BCUT2D eigenvalue weighted by Gasteiger charge is -2.09. The predicted molar refractivity (Wildman–Crippen MR) is 97.5 cm³/mol. The van der Waals surface area contributed by atoms with Crippen molar-refractivity contribution in [3.63, 3.8) is 0 Å². The first-order valence-electron chi connectivity index (χ1n) is 7.18. The van der Waals surface area contributed by atoms with E-state index in [0.29, 0.717) is 32.7 Å². The van der Waals surface area contributed by atoms with Crippen molar-refractivity contribution in [3.8, 4) is 11.5 Å². The molecule has 0 aliphatic rings. The van der Waals surface area contributed by atoms with Gasteiger partial charge in [-0.15, -0.1) is 0 Å². The van der Waals surface area contributed by atoms with E-state index in [1.807, 2.05) is 0 Å². The summed E-state index contributed by atoms with van der Waals surface area (Å²) in [6.45, 7) is -0.260. The van der Waals surface area contributed by atoms with Crippen LogP contribution in [0.3, 0.4) is 0 Å². The van der Waals surface area contributed by atoms with Crippen LogP contribution in [0.2, 0.25) is 10.0 Å². The quantitative estimate of drug-likeness (QED) is 0.586. The van der Waals surface area contributed by atoms with E-state index in [2.05, 4.69) is 0 Å². The number of carbonyl (C=O) groups excluding carboxylic acids is 2. The first kappa shape index (κ1) is 18.8. The number of rotatable bonds is 7. The molecule has 0 radical (unpaired) electrons. The van der Waals surface area contributed by atoms with Gasteiger partial charge in [-0.3, -0.25) is 9.59 Å². The van der Waals surface area contributed by atoms with Gasteiger partial charge in [-0.05, 0) is 35.9 Å². The number of allylic oxidation sites excluding steroid dienone is 1. The molecule has 0 bridgehead atoms. The maximum Gasteiger partial charge on any atom is 0.255 e. The molecular weight excluding hydrogens is 365 g/mol. The number of amides is 1. The SMILES string of the molecule is COc1cc(OCC(N)=O)ccc1C(=O)/C=C/c1cccc(Cl)c1Cl. The molecule has 0 saturated heterocycles. The van der Waals surface area contributed by atoms with Gasteiger partial charge in [-0.25, -0.2) is 0 Å². The molecule has 0 saturated carbocycles. The van der Waals surface area contributed by atoms with Gasteiger partial charge in [0.1, 0.15) is 11.5 Å². The van der Waals surface area contributed by atoms with Gasteiger partial charge in [0, 0.05) is 6.07 Å². The molecule has 7 heteroatoms. The van der Waals surface area contributed by atoms with Crippen molar-refractivity contribution in [2.45, 2.75) is 0 Å². The van der Waals surface area contributed by atoms with E-state index in [9.17, 15) is 9.59 Å². The van der Waals surface area contributed by atoms with E-state index in [4.69, 9.17) is 38.4 Å². The molecular formula is C18H15Cl2NO4. The number of carbonyl (C=O) groups is 2. The van der Waals surface area contributed by atoms with E-state index < -0.39 is 5.91 Å². The minimum absolute atomic E-state index is 0.260. The number of ether oxygens (including phenoxy) is 2. The molecule has 0 unspecified atom stereocenters. The summed E-state index contributed by atoms with van der Waals surface area (Å²) >= 11 is 12.0. The largest absolute Gasteiger partial charge is 0.496 e. The van der Waals surface area contributed by atoms with E-state index in [1.54, 1.807) is 36.4 Å². The summed E-state index contributed by atoms with van der Waals surface area (Å²) in [4.78, 5) is 23.2. The van der Waals surface area contributed by atoms with Crippen LogP contribution < -0.4 is 15.2 Å². The molecule has 2 rings (SSSR count). The average molecular weight is 380 g/mol. The monoisotopic (exact) mass is 379 g/mol. The van der Waals surface area contributed by atoms with Crippen molar-refractivity contribution in [1.82, 2.24) is 0 Å². The fourth-order valence-electron chi connectivity index (χ4n) is 2.02. The van der Waals surface area contributed by atoms with Crippen molar-refractivity contribution < 1.29 is 19.1 Å². The van der Waals surface area contributed by atoms with Crippen LogP contribution in [0.5, 0.6) is 11.5 Å². The van der Waals surface area contributed by atoms with Crippen molar-refractivity contribution in [2.24, 2.45) is 5.73 Å². The second-order valence-corrected chi connectivity index (χ2v) is 5.74. The molecule has 0 heterocycles. The lowest BCUT2D eigenvalue weighted by Crippen LogP contribution is -2.20. The fraction of sp³-hybridized carbons (Fsp3) is 0.111. The normalized spacial score (nSPS) is 10.7. The number of nitrogens with two attached hydrogens (primary N) is 1. The van der Waals surface area contributed by atoms with Crippen molar-refractivity contribution in [3.05, 3.63) is 63.6 Å². The highest BCUT2D eigenvalue weighted by Crippen LogP contribution is 2.28. The summed E-state index contributed by atoms with van der Waals surface area (Å²) in [7, 11) is 1.43. The Balaban J connectivity index is 2.22. The molecule has 0 aliphatic carbocycles. The Morgan fingerprint density at radius 2 is 1.96 bits per heavy atom. The van der Waals surface area contributed by atoms with Gasteiger partial charge in [-0.1, -0.05) is 35.3 Å². The van der Waals surface area contributed by atoms with Crippen LogP contribution >= 0.6 is 23.2 Å². The number of methoxy groups -OCH3 is 1. The molecule has 2 N–H and O–H groups in total. The summed E-state index contributed by atoms with van der Waals surface area (Å²) in [5, 5.41) is 0.778. The molecule has 0 aliphatic heterocycles. The zero-order valence-corrected chi connectivity index (χ0v) is 14.8. The lowest BCUT2D eigenvalue weighted by molar-refractivity contribution is -0.119. The van der Waals surface area contributed by atoms with Crippen LogP contribution in [0.1, 0.15) is 15.9 Å². The Morgan fingerprint density at radius 1 is 1.20 bits per heavy atom. The van der Waals surface area contributed by atoms with Gasteiger partial charge in [0.15, 0.2) is 12.4 Å². The fourth-order valence-corrected chi connectivity index (χ4v) is 2.39. The maximum atomic E-state index is 12.4. The highest BCUT2D eigenvalue weighted by atomic mass is 35.5.